The van der Waals surface area contributed by atoms with Gasteiger partial charge in [-0.3, -0.25) is 0 Å². The number of rotatable bonds is 2. The first-order chi connectivity index (χ1) is 5.56. The Kier molecular flexibility index (Phi) is 33.3. The third-order valence-corrected chi connectivity index (χ3v) is 0.512. The first-order valence-electron chi connectivity index (χ1n) is 4.46. The summed E-state index contributed by atoms with van der Waals surface area (Å²) in [6, 6.07) is 0. The first kappa shape index (κ1) is 17.8. The number of aliphatic hydroxyl groups is 3. The normalized spacial score (nSPS) is 8.00. The lowest BCUT2D eigenvalue weighted by atomic mass is 10.4. The van der Waals surface area contributed by atoms with Crippen LogP contribution in [0.1, 0.15) is 40.5 Å². The van der Waals surface area contributed by atoms with Gasteiger partial charge in [0.05, 0.1) is 0 Å². The highest BCUT2D eigenvalue weighted by atomic mass is 16.3. The van der Waals surface area contributed by atoms with E-state index in [0.717, 1.165) is 12.8 Å². The number of hydrogen-bond donors (Lipinski definition) is 3. The highest BCUT2D eigenvalue weighted by molar-refractivity contribution is 4.23. The van der Waals surface area contributed by atoms with Gasteiger partial charge in [-0.15, -0.1) is 0 Å². The average Bonchev–Trinajstić information content (AvgIpc) is 1.89. The molecule has 0 bridgehead atoms. The second-order valence-electron chi connectivity index (χ2n) is 2.49. The van der Waals surface area contributed by atoms with Crippen LogP contribution >= 0.6 is 0 Å². The van der Waals surface area contributed by atoms with Crippen LogP contribution in [0.15, 0.2) is 0 Å². The summed E-state index contributed by atoms with van der Waals surface area (Å²) < 4.78 is 0. The Morgan fingerprint density at radius 3 is 1.33 bits per heavy atom. The van der Waals surface area contributed by atoms with Crippen LogP contribution in [0.25, 0.3) is 0 Å². The van der Waals surface area contributed by atoms with E-state index in [9.17, 15) is 0 Å². The van der Waals surface area contributed by atoms with Crippen LogP contribution in [0.5, 0.6) is 0 Å². The molecule has 0 aromatic heterocycles. The predicted octanol–water partition coefficient (Wildman–Crippen LogP) is 1.16. The molecule has 0 aromatic rings. The zero-order chi connectivity index (χ0) is 10.4. The molecule has 0 radical (unpaired) electrons. The standard InChI is InChI=1S/C4H10O.C3H8O.C2H6O/c1-2-3-4-5;1-3(2)4;1-2-3/h5H,2-4H2,1H3;3-4H,1-2H3;3H,2H2,1H3. The molecule has 3 N–H and O–H groups in total. The molecule has 0 saturated heterocycles. The summed E-state index contributed by atoms with van der Waals surface area (Å²) in [5.74, 6) is 0. The molecule has 0 unspecified atom stereocenters. The van der Waals surface area contributed by atoms with Gasteiger partial charge in [0, 0.05) is 19.3 Å². The molecule has 78 valence electrons. The van der Waals surface area contributed by atoms with E-state index in [1.807, 2.05) is 0 Å². The summed E-state index contributed by atoms with van der Waals surface area (Å²) in [6.07, 6.45) is 1.87. The molecule has 0 aliphatic rings. The van der Waals surface area contributed by atoms with Gasteiger partial charge in [-0.05, 0) is 27.2 Å². The van der Waals surface area contributed by atoms with Crippen molar-refractivity contribution in [3.8, 4) is 0 Å². The molecule has 0 aliphatic carbocycles. The lowest BCUT2D eigenvalue weighted by Crippen LogP contribution is -1.85. The topological polar surface area (TPSA) is 60.7 Å². The molecule has 0 saturated carbocycles. The van der Waals surface area contributed by atoms with Gasteiger partial charge in [0.15, 0.2) is 0 Å². The summed E-state index contributed by atoms with van der Waals surface area (Å²) >= 11 is 0. The second-order valence-corrected chi connectivity index (χ2v) is 2.49. The quantitative estimate of drug-likeness (QED) is 0.597. The molecular weight excluding hydrogens is 156 g/mol. The summed E-state index contributed by atoms with van der Waals surface area (Å²) in [4.78, 5) is 0. The van der Waals surface area contributed by atoms with E-state index in [1.54, 1.807) is 20.8 Å². The van der Waals surface area contributed by atoms with Crippen molar-refractivity contribution >= 4 is 0 Å². The minimum Gasteiger partial charge on any atom is -0.397 e. The van der Waals surface area contributed by atoms with Gasteiger partial charge < -0.3 is 15.3 Å². The van der Waals surface area contributed by atoms with Gasteiger partial charge >= 0.3 is 0 Å². The number of aliphatic hydroxyl groups excluding tert-OH is 3. The Hall–Kier alpha value is -0.120. The molecule has 0 spiro atoms. The van der Waals surface area contributed by atoms with Crippen LogP contribution in [0, 0.1) is 0 Å². The van der Waals surface area contributed by atoms with E-state index >= 15 is 0 Å². The van der Waals surface area contributed by atoms with Crippen molar-refractivity contribution in [3.63, 3.8) is 0 Å². The van der Waals surface area contributed by atoms with Crippen LogP contribution in [-0.4, -0.2) is 34.6 Å². The summed E-state index contributed by atoms with van der Waals surface area (Å²) in [5.41, 5.74) is 0. The van der Waals surface area contributed by atoms with E-state index < -0.39 is 0 Å². The van der Waals surface area contributed by atoms with Gasteiger partial charge in [-0.1, -0.05) is 13.3 Å². The van der Waals surface area contributed by atoms with E-state index in [0.29, 0.717) is 6.61 Å². The van der Waals surface area contributed by atoms with Crippen molar-refractivity contribution in [1.29, 1.82) is 0 Å². The maximum atomic E-state index is 8.07. The van der Waals surface area contributed by atoms with Gasteiger partial charge in [-0.25, -0.2) is 0 Å². The SMILES string of the molecule is CC(C)O.CCCCO.CCO. The zero-order valence-electron chi connectivity index (χ0n) is 8.75. The van der Waals surface area contributed by atoms with E-state index in [2.05, 4.69) is 6.92 Å². The van der Waals surface area contributed by atoms with Crippen molar-refractivity contribution < 1.29 is 15.3 Å². The maximum absolute atomic E-state index is 8.07. The molecule has 0 amide bonds. The second kappa shape index (κ2) is 22.4. The fourth-order valence-electron chi connectivity index (χ4n) is 0.158. The lowest BCUT2D eigenvalue weighted by Gasteiger charge is -1.80. The molecular formula is C9H24O3. The molecule has 0 atom stereocenters. The van der Waals surface area contributed by atoms with Crippen molar-refractivity contribution in [1.82, 2.24) is 0 Å². The molecule has 0 fully saturated rings. The Morgan fingerprint density at radius 1 is 1.08 bits per heavy atom. The van der Waals surface area contributed by atoms with Crippen LogP contribution in [0.2, 0.25) is 0 Å². The molecule has 0 rings (SSSR count). The Morgan fingerprint density at radius 2 is 1.33 bits per heavy atom. The van der Waals surface area contributed by atoms with E-state index in [-0.39, 0.29) is 12.7 Å². The third kappa shape index (κ3) is 220. The molecule has 0 heterocycles. The zero-order valence-corrected chi connectivity index (χ0v) is 8.75. The monoisotopic (exact) mass is 180 g/mol. The van der Waals surface area contributed by atoms with Gasteiger partial charge in [-0.2, -0.15) is 0 Å². The Balaban J connectivity index is -0.000000105. The molecule has 12 heavy (non-hydrogen) atoms. The van der Waals surface area contributed by atoms with E-state index in [4.69, 9.17) is 15.3 Å². The molecule has 0 aromatic carbocycles. The van der Waals surface area contributed by atoms with Crippen molar-refractivity contribution in [3.05, 3.63) is 0 Å². The Bertz CT molecular complexity index is 42.3. The Labute approximate surface area is 76.1 Å². The largest absolute Gasteiger partial charge is 0.397 e. The van der Waals surface area contributed by atoms with Crippen LogP contribution in [0.4, 0.5) is 0 Å². The first-order valence-corrected chi connectivity index (χ1v) is 4.46. The fourth-order valence-corrected chi connectivity index (χ4v) is 0.158. The highest BCUT2D eigenvalue weighted by Gasteiger charge is 1.69. The highest BCUT2D eigenvalue weighted by Crippen LogP contribution is 1.78. The van der Waals surface area contributed by atoms with Crippen molar-refractivity contribution in [2.75, 3.05) is 13.2 Å². The molecule has 3 nitrogen and oxygen atoms in total. The predicted molar refractivity (Wildman–Crippen MR) is 52.1 cm³/mol. The van der Waals surface area contributed by atoms with Crippen LogP contribution in [0.3, 0.4) is 0 Å². The van der Waals surface area contributed by atoms with Crippen LogP contribution < -0.4 is 0 Å². The average molecular weight is 180 g/mol. The van der Waals surface area contributed by atoms with Crippen molar-refractivity contribution in [2.24, 2.45) is 0 Å². The maximum Gasteiger partial charge on any atom is 0.0483 e. The molecule has 0 aliphatic heterocycles. The van der Waals surface area contributed by atoms with Gasteiger partial charge in [0.2, 0.25) is 0 Å². The summed E-state index contributed by atoms with van der Waals surface area (Å²) in [6.45, 7) is 7.77. The molecule has 3 heteroatoms. The number of hydrogen-bond acceptors (Lipinski definition) is 3. The van der Waals surface area contributed by atoms with Crippen molar-refractivity contribution in [2.45, 2.75) is 46.6 Å². The number of unbranched alkanes of at least 4 members (excludes halogenated alkanes) is 1. The summed E-state index contributed by atoms with van der Waals surface area (Å²) in [7, 11) is 0. The minimum atomic E-state index is -0.167. The minimum absolute atomic E-state index is 0.167. The van der Waals surface area contributed by atoms with Gasteiger partial charge in [0.1, 0.15) is 0 Å². The van der Waals surface area contributed by atoms with Crippen LogP contribution in [-0.2, 0) is 0 Å². The lowest BCUT2D eigenvalue weighted by molar-refractivity contribution is 0.216. The van der Waals surface area contributed by atoms with E-state index in [1.165, 1.54) is 0 Å². The third-order valence-electron chi connectivity index (χ3n) is 0.512. The van der Waals surface area contributed by atoms with Gasteiger partial charge in [0.25, 0.3) is 0 Å². The summed E-state index contributed by atoms with van der Waals surface area (Å²) in [5, 5.41) is 23.7. The smallest absolute Gasteiger partial charge is 0.0483 e. The fraction of sp³-hybridized carbons (Fsp3) is 1.00.